The van der Waals surface area contributed by atoms with Gasteiger partial charge >= 0.3 is 0 Å². The first-order valence-corrected chi connectivity index (χ1v) is 3.08. The second kappa shape index (κ2) is 3.25. The van der Waals surface area contributed by atoms with Gasteiger partial charge in [0.1, 0.15) is 6.67 Å². The van der Waals surface area contributed by atoms with Crippen molar-refractivity contribution in [2.45, 2.75) is 0 Å². The topological polar surface area (TPSA) is 54.3 Å². The van der Waals surface area contributed by atoms with E-state index in [9.17, 15) is 5.11 Å². The number of ether oxygens (including phenoxy) is 1. The molecule has 0 saturated carbocycles. The van der Waals surface area contributed by atoms with Crippen LogP contribution in [0.4, 0.5) is 0 Å². The van der Waals surface area contributed by atoms with Crippen LogP contribution >= 0.6 is 0 Å². The highest BCUT2D eigenvalue weighted by atomic mass is 16.7. The molecule has 11 heavy (non-hydrogen) atoms. The third-order valence-electron chi connectivity index (χ3n) is 1.29. The summed E-state index contributed by atoms with van der Waals surface area (Å²) in [7, 11) is 2.95. The highest BCUT2D eigenvalue weighted by molar-refractivity contribution is 5.88. The van der Waals surface area contributed by atoms with E-state index in [1.54, 1.807) is 0 Å². The molecule has 1 aliphatic rings. The summed E-state index contributed by atoms with van der Waals surface area (Å²) in [5.74, 6) is 0.398. The molecule has 0 unspecified atom stereocenters. The zero-order chi connectivity index (χ0) is 8.27. The molecule has 0 amide bonds. The average Bonchev–Trinajstić information content (AvgIpc) is 2.04. The molecule has 0 saturated heterocycles. The quantitative estimate of drug-likeness (QED) is 0.595. The van der Waals surface area contributed by atoms with Crippen molar-refractivity contribution in [1.29, 1.82) is 0 Å². The molecule has 0 atom stereocenters. The van der Waals surface area contributed by atoms with Gasteiger partial charge in [-0.15, -0.1) is 0 Å². The minimum absolute atomic E-state index is 0.000602. The maximum absolute atomic E-state index is 9.17. The van der Waals surface area contributed by atoms with E-state index in [1.165, 1.54) is 25.4 Å². The number of hydrogen-bond acceptors (Lipinski definition) is 5. The summed E-state index contributed by atoms with van der Waals surface area (Å²) in [5, 5.41) is 10.4. The van der Waals surface area contributed by atoms with Crippen molar-refractivity contribution in [3.8, 4) is 0 Å². The molecule has 0 bridgehead atoms. The number of methoxy groups -OCH3 is 1. The van der Waals surface area contributed by atoms with E-state index in [0.29, 0.717) is 5.90 Å². The van der Waals surface area contributed by atoms with Gasteiger partial charge < -0.3 is 9.84 Å². The fourth-order valence-electron chi connectivity index (χ4n) is 0.709. The summed E-state index contributed by atoms with van der Waals surface area (Å²) < 4.78 is 4.79. The first-order valence-electron chi connectivity index (χ1n) is 3.08. The van der Waals surface area contributed by atoms with Crippen molar-refractivity contribution in [2.75, 3.05) is 20.9 Å². The molecule has 0 aliphatic carbocycles. The minimum atomic E-state index is -0.000602. The lowest BCUT2D eigenvalue weighted by molar-refractivity contribution is -0.130. The van der Waals surface area contributed by atoms with E-state index in [-0.39, 0.29) is 12.6 Å². The number of aliphatic hydroxyl groups excluding tert-OH is 1. The van der Waals surface area contributed by atoms with Gasteiger partial charge in [-0.2, -0.15) is 0 Å². The first kappa shape index (κ1) is 7.87. The van der Waals surface area contributed by atoms with Crippen molar-refractivity contribution >= 4 is 5.90 Å². The molecule has 5 nitrogen and oxygen atoms in total. The Hall–Kier alpha value is -1.23. The summed E-state index contributed by atoms with van der Waals surface area (Å²) in [6.45, 7) is 0.252. The Balaban J connectivity index is 2.65. The van der Waals surface area contributed by atoms with Gasteiger partial charge in [0, 0.05) is 0 Å². The number of hydrogen-bond donors (Lipinski definition) is 1. The fourth-order valence-corrected chi connectivity index (χ4v) is 0.709. The molecule has 0 radical (unpaired) electrons. The van der Waals surface area contributed by atoms with E-state index < -0.39 is 0 Å². The van der Waals surface area contributed by atoms with E-state index in [2.05, 4.69) is 4.99 Å². The highest BCUT2D eigenvalue weighted by Crippen LogP contribution is 2.06. The van der Waals surface area contributed by atoms with Gasteiger partial charge in [0.25, 0.3) is 0 Å². The van der Waals surface area contributed by atoms with Crippen LogP contribution in [-0.2, 0) is 9.57 Å². The van der Waals surface area contributed by atoms with Crippen LogP contribution in [0.5, 0.6) is 0 Å². The van der Waals surface area contributed by atoms with E-state index in [0.717, 1.165) is 0 Å². The van der Waals surface area contributed by atoms with Crippen molar-refractivity contribution < 1.29 is 14.7 Å². The predicted octanol–water partition coefficient (Wildman–Crippen LogP) is 0.265. The maximum Gasteiger partial charge on any atom is 0.218 e. The lowest BCUT2D eigenvalue weighted by Crippen LogP contribution is -2.26. The molecule has 1 N–H and O–H groups in total. The lowest BCUT2D eigenvalue weighted by Gasteiger charge is -2.21. The molecule has 1 rings (SSSR count). The van der Waals surface area contributed by atoms with Gasteiger partial charge in [-0.05, 0) is 0 Å². The van der Waals surface area contributed by atoms with Crippen LogP contribution in [0.25, 0.3) is 0 Å². The van der Waals surface area contributed by atoms with Crippen LogP contribution in [0.15, 0.2) is 17.0 Å². The van der Waals surface area contributed by atoms with Gasteiger partial charge in [-0.1, -0.05) is 0 Å². The lowest BCUT2D eigenvalue weighted by atomic mass is 10.5. The number of nitrogens with zero attached hydrogens (tertiary/aromatic N) is 2. The number of rotatable bonds is 1. The summed E-state index contributed by atoms with van der Waals surface area (Å²) in [4.78, 5) is 8.66. The Labute approximate surface area is 64.5 Å². The summed E-state index contributed by atoms with van der Waals surface area (Å²) in [6, 6.07) is 0. The van der Waals surface area contributed by atoms with E-state index in [4.69, 9.17) is 9.57 Å². The normalized spacial score (nSPS) is 17.5. The van der Waals surface area contributed by atoms with Crippen molar-refractivity contribution in [3.63, 3.8) is 0 Å². The van der Waals surface area contributed by atoms with Crippen LogP contribution < -0.4 is 0 Å². The number of aliphatic imine (C=N–C) groups is 1. The zero-order valence-corrected chi connectivity index (χ0v) is 6.44. The van der Waals surface area contributed by atoms with Crippen LogP contribution in [0.3, 0.4) is 0 Å². The van der Waals surface area contributed by atoms with E-state index in [1.807, 2.05) is 0 Å². The predicted molar refractivity (Wildman–Crippen MR) is 38.9 cm³/mol. The Bertz CT molecular complexity index is 200. The van der Waals surface area contributed by atoms with Gasteiger partial charge in [0.2, 0.25) is 11.8 Å². The van der Waals surface area contributed by atoms with Crippen LogP contribution in [0.1, 0.15) is 0 Å². The van der Waals surface area contributed by atoms with Crippen LogP contribution in [0.2, 0.25) is 0 Å². The third kappa shape index (κ3) is 1.62. The minimum Gasteiger partial charge on any atom is -0.493 e. The van der Waals surface area contributed by atoms with Gasteiger partial charge in [-0.3, -0.25) is 4.84 Å². The third-order valence-corrected chi connectivity index (χ3v) is 1.29. The molecule has 1 heterocycles. The largest absolute Gasteiger partial charge is 0.493 e. The summed E-state index contributed by atoms with van der Waals surface area (Å²) in [5.41, 5.74) is 0. The fraction of sp³-hybridized carbons (Fsp3) is 0.500. The first-order chi connectivity index (χ1) is 5.27. The molecular formula is C6H10N2O3. The molecule has 0 fully saturated rings. The maximum atomic E-state index is 9.17. The molecule has 62 valence electrons. The van der Waals surface area contributed by atoms with Crippen molar-refractivity contribution in [3.05, 3.63) is 12.0 Å². The molecule has 5 heteroatoms. The van der Waals surface area contributed by atoms with E-state index >= 15 is 0 Å². The summed E-state index contributed by atoms with van der Waals surface area (Å²) in [6.07, 6.45) is 1.38. The standard InChI is InChI=1S/C6H10N2O3/c1-10-5-3-6(9)8(11-2)4-7-5/h3,9H,4H2,1-2H3. The smallest absolute Gasteiger partial charge is 0.218 e. The molecular weight excluding hydrogens is 148 g/mol. The highest BCUT2D eigenvalue weighted by Gasteiger charge is 2.13. The molecule has 1 aliphatic heterocycles. The monoisotopic (exact) mass is 158 g/mol. The second-order valence-corrected chi connectivity index (χ2v) is 1.91. The number of aliphatic hydroxyl groups is 1. The Morgan fingerprint density at radius 1 is 1.64 bits per heavy atom. The number of hydroxylamine groups is 2. The van der Waals surface area contributed by atoms with Crippen LogP contribution in [-0.4, -0.2) is 37.0 Å². The van der Waals surface area contributed by atoms with Crippen molar-refractivity contribution in [2.24, 2.45) is 4.99 Å². The molecule has 0 aromatic heterocycles. The van der Waals surface area contributed by atoms with Gasteiger partial charge in [-0.25, -0.2) is 10.1 Å². The Morgan fingerprint density at radius 2 is 2.36 bits per heavy atom. The van der Waals surface area contributed by atoms with Crippen LogP contribution in [0, 0.1) is 0 Å². The average molecular weight is 158 g/mol. The second-order valence-electron chi connectivity index (χ2n) is 1.91. The molecule has 0 aromatic carbocycles. The SMILES string of the molecule is COC1=NCN(OC)C(O)=C1. The summed E-state index contributed by atoms with van der Waals surface area (Å²) >= 11 is 0. The molecule has 0 spiro atoms. The molecule has 0 aromatic rings. The van der Waals surface area contributed by atoms with Crippen molar-refractivity contribution in [1.82, 2.24) is 5.06 Å². The zero-order valence-electron chi connectivity index (χ0n) is 6.44. The Morgan fingerprint density at radius 3 is 2.82 bits per heavy atom. The Kier molecular flexibility index (Phi) is 2.32. The van der Waals surface area contributed by atoms with Gasteiger partial charge in [0.05, 0.1) is 20.3 Å². The van der Waals surface area contributed by atoms with Gasteiger partial charge in [0.15, 0.2) is 0 Å².